The van der Waals surface area contributed by atoms with E-state index in [1.807, 2.05) is 44.2 Å². The summed E-state index contributed by atoms with van der Waals surface area (Å²) in [6.45, 7) is 4.00. The Balaban J connectivity index is 0.000000182. The van der Waals surface area contributed by atoms with Crippen LogP contribution in [0.5, 0.6) is 23.0 Å². The highest BCUT2D eigenvalue weighted by Gasteiger charge is 2.34. The van der Waals surface area contributed by atoms with Gasteiger partial charge in [-0.1, -0.05) is 32.0 Å². The van der Waals surface area contributed by atoms with Crippen LogP contribution < -0.4 is 30.4 Å². The summed E-state index contributed by atoms with van der Waals surface area (Å²) in [7, 11) is 3.10. The molecule has 0 aromatic heterocycles. The summed E-state index contributed by atoms with van der Waals surface area (Å²) in [5.41, 5.74) is 14.3. The van der Waals surface area contributed by atoms with Gasteiger partial charge in [0, 0.05) is 34.4 Å². The number of benzene rings is 6. The predicted molar refractivity (Wildman–Crippen MR) is 200 cm³/mol. The number of hydrogen-bond acceptors (Lipinski definition) is 7. The predicted octanol–water partition coefficient (Wildman–Crippen LogP) is 9.44. The second-order valence-corrected chi connectivity index (χ2v) is 12.9. The highest BCUT2D eigenvalue weighted by molar-refractivity contribution is 5.91. The van der Waals surface area contributed by atoms with Gasteiger partial charge in [-0.05, 0) is 82.9 Å². The Morgan fingerprint density at radius 3 is 1.48 bits per heavy atom. The Hall–Kier alpha value is -5.97. The highest BCUT2D eigenvalue weighted by atomic mass is 19.2. The lowest BCUT2D eigenvalue weighted by molar-refractivity contribution is 0.149. The number of rotatable bonds is 4. The summed E-state index contributed by atoms with van der Waals surface area (Å²) < 4.78 is 104. The van der Waals surface area contributed by atoms with E-state index in [-0.39, 0.29) is 11.1 Å². The van der Waals surface area contributed by atoms with Crippen molar-refractivity contribution in [3.05, 3.63) is 142 Å². The quantitative estimate of drug-likeness (QED) is 0.136. The smallest absolute Gasteiger partial charge is 0.161 e. The third-order valence-electron chi connectivity index (χ3n) is 9.67. The first-order chi connectivity index (χ1) is 26.9. The van der Waals surface area contributed by atoms with E-state index in [0.717, 1.165) is 44.8 Å². The number of nitriles is 1. The van der Waals surface area contributed by atoms with E-state index in [4.69, 9.17) is 35.7 Å². The van der Waals surface area contributed by atoms with Gasteiger partial charge < -0.3 is 30.4 Å². The van der Waals surface area contributed by atoms with Crippen LogP contribution in [0.2, 0.25) is 0 Å². The van der Waals surface area contributed by atoms with E-state index in [1.165, 1.54) is 0 Å². The van der Waals surface area contributed by atoms with Gasteiger partial charge in [0.25, 0.3) is 0 Å². The van der Waals surface area contributed by atoms with E-state index in [9.17, 15) is 26.3 Å². The lowest BCUT2D eigenvalue weighted by Gasteiger charge is -2.32. The van der Waals surface area contributed by atoms with Crippen molar-refractivity contribution in [2.24, 2.45) is 11.5 Å². The van der Waals surface area contributed by atoms with Gasteiger partial charge in [0.15, 0.2) is 34.8 Å². The minimum Gasteiger partial charge on any atom is -0.493 e. The van der Waals surface area contributed by atoms with Gasteiger partial charge in [-0.3, -0.25) is 0 Å². The van der Waals surface area contributed by atoms with Gasteiger partial charge in [0.05, 0.1) is 37.9 Å². The van der Waals surface area contributed by atoms with Crippen LogP contribution in [0.3, 0.4) is 0 Å². The molecule has 0 saturated carbocycles. The molecular formula is C43H37F6N3O4. The highest BCUT2D eigenvalue weighted by Crippen LogP contribution is 2.43. The molecule has 6 aromatic carbocycles. The maximum Gasteiger partial charge on any atom is 0.161 e. The first kappa shape index (κ1) is 39.7. The maximum atomic E-state index is 14.2. The average Bonchev–Trinajstić information content (AvgIpc) is 3.20. The molecule has 0 radical (unpaired) electrons. The van der Waals surface area contributed by atoms with Gasteiger partial charge in [-0.15, -0.1) is 0 Å². The monoisotopic (exact) mass is 773 g/mol. The number of hydrogen-bond donors (Lipinski definition) is 2. The Morgan fingerprint density at radius 1 is 0.571 bits per heavy atom. The molecule has 4 N–H and O–H groups in total. The summed E-state index contributed by atoms with van der Waals surface area (Å²) in [5, 5.41) is 12.6. The summed E-state index contributed by atoms with van der Waals surface area (Å²) in [5.74, 6) is -4.45. The zero-order valence-corrected chi connectivity index (χ0v) is 30.7. The number of methoxy groups -OCH3 is 2. The largest absolute Gasteiger partial charge is 0.493 e. The Kier molecular flexibility index (Phi) is 11.6. The lowest BCUT2D eigenvalue weighted by Crippen LogP contribution is -2.38. The molecule has 4 atom stereocenters. The van der Waals surface area contributed by atoms with Crippen molar-refractivity contribution < 1.29 is 45.3 Å². The van der Waals surface area contributed by atoms with Crippen LogP contribution in [0.4, 0.5) is 26.3 Å². The van der Waals surface area contributed by atoms with Crippen molar-refractivity contribution in [1.82, 2.24) is 0 Å². The summed E-state index contributed by atoms with van der Waals surface area (Å²) >= 11 is 0. The van der Waals surface area contributed by atoms with E-state index in [2.05, 4.69) is 6.07 Å². The number of fused-ring (bicyclic) bond motifs is 6. The van der Waals surface area contributed by atoms with Crippen molar-refractivity contribution >= 4 is 21.5 Å². The molecule has 0 bridgehead atoms. The molecule has 0 saturated heterocycles. The summed E-state index contributed by atoms with van der Waals surface area (Å²) in [6.07, 6.45) is -1.15. The Morgan fingerprint density at radius 2 is 1.00 bits per heavy atom. The van der Waals surface area contributed by atoms with Gasteiger partial charge >= 0.3 is 0 Å². The fourth-order valence-electron chi connectivity index (χ4n) is 7.00. The molecule has 0 amide bonds. The number of halogens is 6. The first-order valence-corrected chi connectivity index (χ1v) is 17.7. The molecule has 13 heteroatoms. The van der Waals surface area contributed by atoms with Crippen LogP contribution in [-0.2, 0) is 12.8 Å². The lowest BCUT2D eigenvalue weighted by atomic mass is 9.89. The zero-order chi connectivity index (χ0) is 40.4. The summed E-state index contributed by atoms with van der Waals surface area (Å²) in [4.78, 5) is 0. The standard InChI is InChI=1S/C21H18F3NO3.C20H13F3N2O.C2H6/c1-26-19-5-10-3-4-18-12(11(10)8-20(19)27-2)7-17(25)21(28-18)13-6-15(23)16(24)9-14(13)22;21-15-8-17(23)16(22)6-14(15)20-18(25)7-13-12-5-10(9-24)1-2-11(12)3-4-19(13)26-20;1-2/h3-6,8-9,17,21H,7,25H2,1-2H3;1-6,8,18,20H,7,25H2;1-2H3/t17-,21?;;/m0../s1. The Bertz CT molecular complexity index is 2490. The van der Waals surface area contributed by atoms with Crippen LogP contribution >= 0.6 is 0 Å². The van der Waals surface area contributed by atoms with Crippen LogP contribution in [0.25, 0.3) is 21.5 Å². The molecule has 0 spiro atoms. The fraction of sp³-hybridized carbons (Fsp3) is 0.233. The van der Waals surface area contributed by atoms with Crippen molar-refractivity contribution in [2.75, 3.05) is 14.2 Å². The molecule has 0 fully saturated rings. The minimum atomic E-state index is -1.26. The van der Waals surface area contributed by atoms with Crippen LogP contribution in [-0.4, -0.2) is 26.3 Å². The second-order valence-electron chi connectivity index (χ2n) is 12.9. The Labute approximate surface area is 319 Å². The van der Waals surface area contributed by atoms with Crippen molar-refractivity contribution in [3.63, 3.8) is 0 Å². The third-order valence-corrected chi connectivity index (χ3v) is 9.67. The molecule has 290 valence electrons. The number of nitrogens with two attached hydrogens (primary N) is 2. The van der Waals surface area contributed by atoms with E-state index < -0.39 is 59.2 Å². The normalized spacial score (nSPS) is 18.1. The molecule has 2 heterocycles. The maximum absolute atomic E-state index is 14.2. The molecule has 7 nitrogen and oxygen atoms in total. The number of ether oxygens (including phenoxy) is 4. The molecule has 6 aromatic rings. The van der Waals surface area contributed by atoms with E-state index in [1.54, 1.807) is 38.5 Å². The molecule has 0 aliphatic carbocycles. The SMILES string of the molecule is CC.COc1cc2ccc3c(c2cc1OC)C[C@H](N)C(c1cc(F)c(F)cc1F)O3.N#Cc1ccc2ccc3c(c2c1)CC(N)C(c1cc(F)c(F)cc1F)O3. The fourth-order valence-corrected chi connectivity index (χ4v) is 7.00. The molecule has 2 aliphatic rings. The third kappa shape index (κ3) is 7.50. The second kappa shape index (κ2) is 16.4. The van der Waals surface area contributed by atoms with Crippen LogP contribution in [0, 0.1) is 46.2 Å². The zero-order valence-electron chi connectivity index (χ0n) is 30.7. The molecule has 8 rings (SSSR count). The van der Waals surface area contributed by atoms with Crippen LogP contribution in [0.15, 0.2) is 78.9 Å². The first-order valence-electron chi connectivity index (χ1n) is 17.7. The van der Waals surface area contributed by atoms with E-state index in [0.29, 0.717) is 53.5 Å². The van der Waals surface area contributed by atoms with Crippen molar-refractivity contribution in [3.8, 4) is 29.1 Å². The van der Waals surface area contributed by atoms with Crippen molar-refractivity contribution in [2.45, 2.75) is 51.0 Å². The summed E-state index contributed by atoms with van der Waals surface area (Å²) in [6, 6.07) is 19.5. The average molecular weight is 774 g/mol. The van der Waals surface area contributed by atoms with Crippen LogP contribution in [0.1, 0.15) is 53.9 Å². The van der Waals surface area contributed by atoms with Gasteiger partial charge in [-0.25, -0.2) is 26.3 Å². The minimum absolute atomic E-state index is 0.107. The van der Waals surface area contributed by atoms with Crippen molar-refractivity contribution in [1.29, 1.82) is 5.26 Å². The molecule has 56 heavy (non-hydrogen) atoms. The molecular weight excluding hydrogens is 736 g/mol. The molecule has 3 unspecified atom stereocenters. The topological polar surface area (TPSA) is 113 Å². The molecule has 2 aliphatic heterocycles. The van der Waals surface area contributed by atoms with Gasteiger partial charge in [0.1, 0.15) is 35.3 Å². The van der Waals surface area contributed by atoms with Gasteiger partial charge in [-0.2, -0.15) is 5.26 Å². The van der Waals surface area contributed by atoms with Gasteiger partial charge in [0.2, 0.25) is 0 Å². The van der Waals surface area contributed by atoms with E-state index >= 15 is 0 Å². The number of nitrogens with zero attached hydrogens (tertiary/aromatic N) is 1.